The van der Waals surface area contributed by atoms with E-state index >= 15 is 0 Å². The zero-order chi connectivity index (χ0) is 14.1. The monoisotopic (exact) mass is 256 g/mol. The van der Waals surface area contributed by atoms with Gasteiger partial charge in [0.15, 0.2) is 0 Å². The third kappa shape index (κ3) is 6.17. The van der Waals surface area contributed by atoms with Crippen LogP contribution in [0.25, 0.3) is 0 Å². The molecule has 1 unspecified atom stereocenters. The Labute approximate surface area is 112 Å². The number of rotatable bonds is 8. The number of carbonyl (C=O) groups excluding carboxylic acids is 1. The van der Waals surface area contributed by atoms with Gasteiger partial charge in [0.1, 0.15) is 0 Å². The highest BCUT2D eigenvalue weighted by molar-refractivity contribution is 5.88. The minimum atomic E-state index is -0.214. The molecule has 0 saturated carbocycles. The fourth-order valence-corrected chi connectivity index (χ4v) is 2.00. The zero-order valence-corrected chi connectivity index (χ0v) is 12.7. The summed E-state index contributed by atoms with van der Waals surface area (Å²) in [7, 11) is 5.58. The lowest BCUT2D eigenvalue weighted by Crippen LogP contribution is -2.40. The van der Waals surface area contributed by atoms with Gasteiger partial charge in [0.05, 0.1) is 7.11 Å². The lowest BCUT2D eigenvalue weighted by molar-refractivity contribution is -0.136. The lowest BCUT2D eigenvalue weighted by Gasteiger charge is -2.29. The van der Waals surface area contributed by atoms with E-state index in [1.165, 1.54) is 7.11 Å². The molecule has 0 aliphatic heterocycles. The SMILES string of the molecule is CC/C(=C/CN(CC)C(C)CN(C)C)C(=O)OC. The van der Waals surface area contributed by atoms with E-state index in [1.807, 2.05) is 13.0 Å². The first-order valence-corrected chi connectivity index (χ1v) is 6.62. The summed E-state index contributed by atoms with van der Waals surface area (Å²) in [6.07, 6.45) is 2.70. The average molecular weight is 256 g/mol. The summed E-state index contributed by atoms with van der Waals surface area (Å²) >= 11 is 0. The summed E-state index contributed by atoms with van der Waals surface area (Å²) < 4.78 is 4.76. The van der Waals surface area contributed by atoms with Gasteiger partial charge < -0.3 is 9.64 Å². The highest BCUT2D eigenvalue weighted by Crippen LogP contribution is 2.06. The molecule has 1 atom stereocenters. The summed E-state index contributed by atoms with van der Waals surface area (Å²) in [4.78, 5) is 16.0. The van der Waals surface area contributed by atoms with Crippen LogP contribution >= 0.6 is 0 Å². The van der Waals surface area contributed by atoms with Gasteiger partial charge in [-0.05, 0) is 34.0 Å². The third-order valence-electron chi connectivity index (χ3n) is 3.06. The number of hydrogen-bond donors (Lipinski definition) is 0. The molecule has 0 spiro atoms. The number of carbonyl (C=O) groups is 1. The molecule has 0 fully saturated rings. The van der Waals surface area contributed by atoms with Crippen LogP contribution in [0.2, 0.25) is 0 Å². The highest BCUT2D eigenvalue weighted by Gasteiger charge is 2.13. The van der Waals surface area contributed by atoms with Crippen LogP contribution in [0.4, 0.5) is 0 Å². The van der Waals surface area contributed by atoms with Gasteiger partial charge in [0.25, 0.3) is 0 Å². The number of ether oxygens (including phenoxy) is 1. The topological polar surface area (TPSA) is 32.8 Å². The van der Waals surface area contributed by atoms with E-state index in [0.29, 0.717) is 12.5 Å². The quantitative estimate of drug-likeness (QED) is 0.489. The molecule has 0 aromatic carbocycles. The van der Waals surface area contributed by atoms with E-state index in [-0.39, 0.29) is 5.97 Å². The first kappa shape index (κ1) is 17.1. The molecule has 0 aliphatic carbocycles. The first-order valence-electron chi connectivity index (χ1n) is 6.62. The van der Waals surface area contributed by atoms with E-state index in [4.69, 9.17) is 4.74 Å². The summed E-state index contributed by atoms with van der Waals surface area (Å²) in [5.41, 5.74) is 0.757. The molecule has 106 valence electrons. The molecular formula is C14H28N2O2. The Bertz CT molecular complexity index is 275. The fraction of sp³-hybridized carbons (Fsp3) is 0.786. The van der Waals surface area contributed by atoms with Crippen LogP contribution < -0.4 is 0 Å². The molecule has 4 heteroatoms. The molecule has 0 rings (SSSR count). The van der Waals surface area contributed by atoms with Gasteiger partial charge in [-0.3, -0.25) is 4.90 Å². The second-order valence-corrected chi connectivity index (χ2v) is 4.77. The standard InChI is InChI=1S/C14H28N2O2/c1-7-13(14(17)18-6)9-10-16(8-2)12(3)11-15(4)5/h9,12H,7-8,10-11H2,1-6H3/b13-9-. The van der Waals surface area contributed by atoms with Crippen molar-refractivity contribution in [2.75, 3.05) is 40.8 Å². The molecule has 0 bridgehead atoms. The largest absolute Gasteiger partial charge is 0.466 e. The van der Waals surface area contributed by atoms with Gasteiger partial charge in [-0.15, -0.1) is 0 Å². The lowest BCUT2D eigenvalue weighted by atomic mass is 10.2. The molecule has 0 aromatic heterocycles. The summed E-state index contributed by atoms with van der Waals surface area (Å²) in [5, 5.41) is 0. The summed E-state index contributed by atoms with van der Waals surface area (Å²) in [6, 6.07) is 0.469. The maximum absolute atomic E-state index is 11.5. The maximum atomic E-state index is 11.5. The van der Waals surface area contributed by atoms with E-state index in [2.05, 4.69) is 37.7 Å². The van der Waals surface area contributed by atoms with Crippen molar-refractivity contribution in [2.45, 2.75) is 33.2 Å². The van der Waals surface area contributed by atoms with Crippen molar-refractivity contribution < 1.29 is 9.53 Å². The Morgan fingerprint density at radius 1 is 1.33 bits per heavy atom. The Balaban J connectivity index is 4.52. The number of esters is 1. The van der Waals surface area contributed by atoms with Crippen molar-refractivity contribution in [1.82, 2.24) is 9.80 Å². The summed E-state index contributed by atoms with van der Waals surface area (Å²) in [5.74, 6) is -0.214. The Morgan fingerprint density at radius 3 is 2.33 bits per heavy atom. The van der Waals surface area contributed by atoms with Crippen molar-refractivity contribution >= 4 is 5.97 Å². The van der Waals surface area contributed by atoms with E-state index < -0.39 is 0 Å². The van der Waals surface area contributed by atoms with Gasteiger partial charge in [0.2, 0.25) is 0 Å². The van der Waals surface area contributed by atoms with E-state index in [0.717, 1.165) is 25.2 Å². The summed E-state index contributed by atoms with van der Waals surface area (Å²) in [6.45, 7) is 9.11. The molecule has 0 aliphatic rings. The fourth-order valence-electron chi connectivity index (χ4n) is 2.00. The van der Waals surface area contributed by atoms with Crippen LogP contribution in [-0.2, 0) is 9.53 Å². The molecule has 0 saturated heterocycles. The molecule has 0 amide bonds. The third-order valence-corrected chi connectivity index (χ3v) is 3.06. The number of nitrogens with zero attached hydrogens (tertiary/aromatic N) is 2. The smallest absolute Gasteiger partial charge is 0.333 e. The molecule has 4 nitrogen and oxygen atoms in total. The Hall–Kier alpha value is -0.870. The maximum Gasteiger partial charge on any atom is 0.333 e. The second-order valence-electron chi connectivity index (χ2n) is 4.77. The molecule has 0 N–H and O–H groups in total. The molecular weight excluding hydrogens is 228 g/mol. The highest BCUT2D eigenvalue weighted by atomic mass is 16.5. The van der Waals surface area contributed by atoms with Crippen LogP contribution in [-0.4, -0.2) is 62.7 Å². The minimum Gasteiger partial charge on any atom is -0.466 e. The number of methoxy groups -OCH3 is 1. The van der Waals surface area contributed by atoms with Crippen LogP contribution in [0.15, 0.2) is 11.6 Å². The normalized spacial score (nSPS) is 14.1. The van der Waals surface area contributed by atoms with Crippen molar-refractivity contribution in [3.8, 4) is 0 Å². The van der Waals surface area contributed by atoms with E-state index in [1.54, 1.807) is 0 Å². The van der Waals surface area contributed by atoms with Crippen LogP contribution in [0.5, 0.6) is 0 Å². The first-order chi connectivity index (χ1) is 8.46. The average Bonchev–Trinajstić information content (AvgIpc) is 2.33. The Kier molecular flexibility index (Phi) is 8.67. The zero-order valence-electron chi connectivity index (χ0n) is 12.7. The van der Waals surface area contributed by atoms with Crippen molar-refractivity contribution in [3.05, 3.63) is 11.6 Å². The second kappa shape index (κ2) is 9.11. The molecule has 0 aromatic rings. The minimum absolute atomic E-state index is 0.214. The van der Waals surface area contributed by atoms with Gasteiger partial charge in [-0.25, -0.2) is 4.79 Å². The number of hydrogen-bond acceptors (Lipinski definition) is 4. The predicted molar refractivity (Wildman–Crippen MR) is 75.7 cm³/mol. The van der Waals surface area contributed by atoms with Gasteiger partial charge >= 0.3 is 5.97 Å². The van der Waals surface area contributed by atoms with Gasteiger partial charge in [-0.1, -0.05) is 19.9 Å². The number of likely N-dealkylation sites (N-methyl/N-ethyl adjacent to an activating group) is 2. The molecule has 18 heavy (non-hydrogen) atoms. The van der Waals surface area contributed by atoms with E-state index in [9.17, 15) is 4.79 Å². The van der Waals surface area contributed by atoms with Gasteiger partial charge in [0, 0.05) is 24.7 Å². The van der Waals surface area contributed by atoms with Crippen molar-refractivity contribution in [3.63, 3.8) is 0 Å². The molecule has 0 radical (unpaired) electrons. The van der Waals surface area contributed by atoms with Crippen LogP contribution in [0.1, 0.15) is 27.2 Å². The van der Waals surface area contributed by atoms with Crippen molar-refractivity contribution in [2.24, 2.45) is 0 Å². The van der Waals surface area contributed by atoms with Crippen molar-refractivity contribution in [1.29, 1.82) is 0 Å². The molecule has 0 heterocycles. The van der Waals surface area contributed by atoms with Crippen LogP contribution in [0.3, 0.4) is 0 Å². The Morgan fingerprint density at radius 2 is 1.94 bits per heavy atom. The predicted octanol–water partition coefficient (Wildman–Crippen LogP) is 1.77. The van der Waals surface area contributed by atoms with Gasteiger partial charge in [-0.2, -0.15) is 0 Å². The van der Waals surface area contributed by atoms with Crippen LogP contribution in [0, 0.1) is 0 Å².